The Labute approximate surface area is 148 Å². The van der Waals surface area contributed by atoms with Crippen molar-refractivity contribution in [1.82, 2.24) is 25.5 Å². The van der Waals surface area contributed by atoms with Crippen LogP contribution in [0.3, 0.4) is 0 Å². The Bertz CT molecular complexity index is 1070. The second-order valence-electron chi connectivity index (χ2n) is 6.07. The van der Waals surface area contributed by atoms with Crippen LogP contribution in [0.1, 0.15) is 30.1 Å². The van der Waals surface area contributed by atoms with Gasteiger partial charge in [-0.05, 0) is 19.9 Å². The smallest absolute Gasteiger partial charge is 0.272 e. The van der Waals surface area contributed by atoms with Crippen LogP contribution in [-0.2, 0) is 11.2 Å². The number of carbonyl (C=O) groups excluding carboxylic acids is 1. The van der Waals surface area contributed by atoms with E-state index < -0.39 is 5.92 Å². The van der Waals surface area contributed by atoms with Crippen LogP contribution < -0.4 is 16.4 Å². The van der Waals surface area contributed by atoms with E-state index in [-0.39, 0.29) is 17.0 Å². The van der Waals surface area contributed by atoms with E-state index in [9.17, 15) is 14.4 Å². The van der Waals surface area contributed by atoms with Crippen molar-refractivity contribution in [1.29, 1.82) is 0 Å². The number of hydrogen-bond acceptors (Lipinski definition) is 5. The fourth-order valence-corrected chi connectivity index (χ4v) is 2.83. The number of aromatic amines is 2. The van der Waals surface area contributed by atoms with Gasteiger partial charge in [0.15, 0.2) is 0 Å². The van der Waals surface area contributed by atoms with Crippen molar-refractivity contribution in [2.24, 2.45) is 0 Å². The lowest BCUT2D eigenvalue weighted by molar-refractivity contribution is -0.122. The fraction of sp³-hybridized carbons (Fsp3) is 0.278. The Morgan fingerprint density at radius 1 is 1.23 bits per heavy atom. The van der Waals surface area contributed by atoms with Crippen LogP contribution in [0.15, 0.2) is 39.9 Å². The van der Waals surface area contributed by atoms with Crippen molar-refractivity contribution >= 4 is 16.7 Å². The van der Waals surface area contributed by atoms with Gasteiger partial charge in [-0.1, -0.05) is 18.2 Å². The van der Waals surface area contributed by atoms with Crippen LogP contribution in [-0.4, -0.2) is 32.6 Å². The van der Waals surface area contributed by atoms with E-state index in [0.29, 0.717) is 41.0 Å². The van der Waals surface area contributed by atoms with E-state index in [4.69, 9.17) is 0 Å². The molecule has 0 aliphatic heterocycles. The van der Waals surface area contributed by atoms with Crippen molar-refractivity contribution in [2.75, 3.05) is 6.54 Å². The lowest BCUT2D eigenvalue weighted by atomic mass is 10.0. The number of H-pyrrole nitrogens is 2. The highest BCUT2D eigenvalue weighted by atomic mass is 16.2. The van der Waals surface area contributed by atoms with Crippen LogP contribution in [0.2, 0.25) is 0 Å². The first kappa shape index (κ1) is 17.5. The highest BCUT2D eigenvalue weighted by Gasteiger charge is 2.20. The first-order chi connectivity index (χ1) is 12.5. The standard InChI is InChI=1S/C18H19N5O3/c1-10(16-13-5-3-4-6-14(13)18(26)23-22-16)17(25)19-8-7-12-9-15(24)21-11(2)20-12/h3-6,9-10H,7-8H2,1-2H3,(H,19,25)(H,23,26)(H,20,21,24)/t10-/m1/s1. The minimum absolute atomic E-state index is 0.212. The summed E-state index contributed by atoms with van der Waals surface area (Å²) in [6.45, 7) is 3.79. The van der Waals surface area contributed by atoms with E-state index in [2.05, 4.69) is 25.5 Å². The number of nitrogens with zero attached hydrogens (tertiary/aromatic N) is 2. The van der Waals surface area contributed by atoms with Gasteiger partial charge in [0.05, 0.1) is 17.0 Å². The van der Waals surface area contributed by atoms with Crippen LogP contribution in [0.25, 0.3) is 10.8 Å². The molecule has 0 saturated heterocycles. The minimum atomic E-state index is -0.536. The van der Waals surface area contributed by atoms with Gasteiger partial charge in [0.2, 0.25) is 5.91 Å². The van der Waals surface area contributed by atoms with Crippen LogP contribution >= 0.6 is 0 Å². The molecule has 0 unspecified atom stereocenters. The number of benzene rings is 1. The molecule has 1 amide bonds. The van der Waals surface area contributed by atoms with E-state index in [1.807, 2.05) is 0 Å². The molecule has 26 heavy (non-hydrogen) atoms. The van der Waals surface area contributed by atoms with Gasteiger partial charge in [-0.2, -0.15) is 5.10 Å². The Morgan fingerprint density at radius 3 is 2.69 bits per heavy atom. The quantitative estimate of drug-likeness (QED) is 0.626. The van der Waals surface area contributed by atoms with E-state index >= 15 is 0 Å². The Morgan fingerprint density at radius 2 is 1.96 bits per heavy atom. The number of carbonyl (C=O) groups is 1. The third-order valence-corrected chi connectivity index (χ3v) is 4.12. The number of amides is 1. The zero-order valence-electron chi connectivity index (χ0n) is 14.5. The van der Waals surface area contributed by atoms with Gasteiger partial charge >= 0.3 is 0 Å². The normalized spacial score (nSPS) is 12.1. The molecule has 8 nitrogen and oxygen atoms in total. The van der Waals surface area contributed by atoms with Crippen molar-refractivity contribution in [3.63, 3.8) is 0 Å². The van der Waals surface area contributed by atoms with Crippen molar-refractivity contribution in [3.05, 3.63) is 68.3 Å². The van der Waals surface area contributed by atoms with Crippen LogP contribution in [0.5, 0.6) is 0 Å². The molecular weight excluding hydrogens is 334 g/mol. The second-order valence-corrected chi connectivity index (χ2v) is 6.07. The molecule has 8 heteroatoms. The number of hydrogen-bond donors (Lipinski definition) is 3. The third kappa shape index (κ3) is 3.69. The average Bonchev–Trinajstić information content (AvgIpc) is 2.61. The summed E-state index contributed by atoms with van der Waals surface area (Å²) < 4.78 is 0. The summed E-state index contributed by atoms with van der Waals surface area (Å²) in [6.07, 6.45) is 0.447. The predicted molar refractivity (Wildman–Crippen MR) is 97.1 cm³/mol. The number of aryl methyl sites for hydroxylation is 1. The summed E-state index contributed by atoms with van der Waals surface area (Å²) in [5.41, 5.74) is 0.637. The Balaban J connectivity index is 1.71. The molecule has 1 atom stereocenters. The monoisotopic (exact) mass is 353 g/mol. The fourth-order valence-electron chi connectivity index (χ4n) is 2.83. The highest BCUT2D eigenvalue weighted by molar-refractivity contribution is 5.90. The zero-order chi connectivity index (χ0) is 18.7. The summed E-state index contributed by atoms with van der Waals surface area (Å²) in [5.74, 6) is -0.210. The molecule has 0 spiro atoms. The molecule has 134 valence electrons. The first-order valence-corrected chi connectivity index (χ1v) is 8.27. The van der Waals surface area contributed by atoms with Gasteiger partial charge < -0.3 is 10.3 Å². The van der Waals surface area contributed by atoms with Gasteiger partial charge in [0.25, 0.3) is 11.1 Å². The van der Waals surface area contributed by atoms with E-state index in [1.165, 1.54) is 6.07 Å². The molecule has 3 aromatic rings. The summed E-state index contributed by atoms with van der Waals surface area (Å²) in [5, 5.41) is 10.5. The number of rotatable bonds is 5. The average molecular weight is 353 g/mol. The molecule has 0 fully saturated rings. The van der Waals surface area contributed by atoms with Gasteiger partial charge in [0.1, 0.15) is 5.82 Å². The first-order valence-electron chi connectivity index (χ1n) is 8.27. The molecule has 2 heterocycles. The third-order valence-electron chi connectivity index (χ3n) is 4.12. The summed E-state index contributed by atoms with van der Waals surface area (Å²) in [7, 11) is 0. The van der Waals surface area contributed by atoms with Gasteiger partial charge in [-0.3, -0.25) is 14.4 Å². The molecule has 0 saturated carbocycles. The predicted octanol–water partition coefficient (Wildman–Crippen LogP) is 0.777. The highest BCUT2D eigenvalue weighted by Crippen LogP contribution is 2.20. The molecule has 0 aliphatic rings. The molecule has 3 rings (SSSR count). The number of fused-ring (bicyclic) bond motifs is 1. The van der Waals surface area contributed by atoms with Crippen LogP contribution in [0.4, 0.5) is 0 Å². The van der Waals surface area contributed by atoms with E-state index in [0.717, 1.165) is 0 Å². The maximum atomic E-state index is 12.5. The van der Waals surface area contributed by atoms with Crippen molar-refractivity contribution in [3.8, 4) is 0 Å². The SMILES string of the molecule is Cc1nc(CCNC(=O)[C@H](C)c2n[nH]c(=O)c3ccccc23)cc(=O)[nH]1. The molecular formula is C18H19N5O3. The largest absolute Gasteiger partial charge is 0.355 e. The summed E-state index contributed by atoms with van der Waals surface area (Å²) in [6, 6.07) is 8.46. The molecule has 1 aromatic carbocycles. The maximum Gasteiger partial charge on any atom is 0.272 e. The topological polar surface area (TPSA) is 121 Å². The van der Waals surface area contributed by atoms with E-state index in [1.54, 1.807) is 38.1 Å². The van der Waals surface area contributed by atoms with Crippen molar-refractivity contribution < 1.29 is 4.79 Å². The lowest BCUT2D eigenvalue weighted by Crippen LogP contribution is -2.31. The summed E-state index contributed by atoms with van der Waals surface area (Å²) >= 11 is 0. The molecule has 0 bridgehead atoms. The maximum absolute atomic E-state index is 12.5. The second kappa shape index (κ2) is 7.30. The number of nitrogens with one attached hydrogen (secondary N) is 3. The number of aromatic nitrogens is 4. The molecule has 2 aromatic heterocycles. The van der Waals surface area contributed by atoms with Crippen LogP contribution in [0, 0.1) is 6.92 Å². The molecule has 0 radical (unpaired) electrons. The Kier molecular flexibility index (Phi) is 4.92. The van der Waals surface area contributed by atoms with Crippen molar-refractivity contribution in [2.45, 2.75) is 26.2 Å². The van der Waals surface area contributed by atoms with Gasteiger partial charge in [0, 0.05) is 30.1 Å². The zero-order valence-corrected chi connectivity index (χ0v) is 14.5. The lowest BCUT2D eigenvalue weighted by Gasteiger charge is -2.13. The molecule has 0 aliphatic carbocycles. The molecule has 3 N–H and O–H groups in total. The Hall–Kier alpha value is -3.29. The minimum Gasteiger partial charge on any atom is -0.355 e. The summed E-state index contributed by atoms with van der Waals surface area (Å²) in [4.78, 5) is 42.6. The van der Waals surface area contributed by atoms with Gasteiger partial charge in [-0.15, -0.1) is 0 Å². The van der Waals surface area contributed by atoms with Gasteiger partial charge in [-0.25, -0.2) is 10.1 Å².